The fraction of sp³-hybridized carbons (Fsp3) is 0.231. The van der Waals surface area contributed by atoms with Crippen molar-refractivity contribution in [2.24, 2.45) is 7.05 Å². The van der Waals surface area contributed by atoms with Crippen LogP contribution in [-0.2, 0) is 7.05 Å². The number of carboxylic acids is 1. The SMILES string of the molecule is Cc1cc(Oc2c(C(=O)O)c(C)nn2C)ccc1Cl. The molecule has 2 rings (SSSR count). The number of aromatic carboxylic acids is 1. The van der Waals surface area contributed by atoms with E-state index in [2.05, 4.69) is 5.10 Å². The van der Waals surface area contributed by atoms with Gasteiger partial charge in [0.25, 0.3) is 0 Å². The average Bonchev–Trinajstić information content (AvgIpc) is 2.59. The molecule has 0 aliphatic carbocycles. The highest BCUT2D eigenvalue weighted by atomic mass is 35.5. The maximum absolute atomic E-state index is 11.2. The van der Waals surface area contributed by atoms with Gasteiger partial charge in [-0.3, -0.25) is 0 Å². The van der Waals surface area contributed by atoms with Crippen molar-refractivity contribution in [2.75, 3.05) is 0 Å². The van der Waals surface area contributed by atoms with E-state index in [1.165, 1.54) is 4.68 Å². The van der Waals surface area contributed by atoms with Crippen molar-refractivity contribution in [1.82, 2.24) is 9.78 Å². The van der Waals surface area contributed by atoms with E-state index < -0.39 is 5.97 Å². The van der Waals surface area contributed by atoms with Crippen molar-refractivity contribution in [3.8, 4) is 11.6 Å². The first-order chi connectivity index (χ1) is 8.90. The molecule has 19 heavy (non-hydrogen) atoms. The summed E-state index contributed by atoms with van der Waals surface area (Å²) in [5.74, 6) is -0.342. The summed E-state index contributed by atoms with van der Waals surface area (Å²) < 4.78 is 7.02. The molecule has 6 heteroatoms. The molecule has 2 aromatic rings. The van der Waals surface area contributed by atoms with Crippen LogP contribution in [0.15, 0.2) is 18.2 Å². The molecule has 0 saturated heterocycles. The summed E-state index contributed by atoms with van der Waals surface area (Å²) >= 11 is 5.93. The van der Waals surface area contributed by atoms with Gasteiger partial charge < -0.3 is 9.84 Å². The second-order valence-corrected chi connectivity index (χ2v) is 4.61. The Kier molecular flexibility index (Phi) is 3.48. The van der Waals surface area contributed by atoms with Gasteiger partial charge in [-0.15, -0.1) is 0 Å². The lowest BCUT2D eigenvalue weighted by atomic mass is 10.2. The number of aryl methyl sites for hydroxylation is 3. The number of rotatable bonds is 3. The minimum atomic E-state index is -1.06. The number of hydrogen-bond donors (Lipinski definition) is 1. The molecule has 0 saturated carbocycles. The van der Waals surface area contributed by atoms with Gasteiger partial charge in [-0.25, -0.2) is 9.48 Å². The Bertz CT molecular complexity index is 650. The van der Waals surface area contributed by atoms with E-state index in [1.54, 1.807) is 32.2 Å². The number of halogens is 1. The molecule has 0 radical (unpaired) electrons. The van der Waals surface area contributed by atoms with Crippen LogP contribution >= 0.6 is 11.6 Å². The molecule has 100 valence electrons. The van der Waals surface area contributed by atoms with Crippen LogP contribution in [0, 0.1) is 13.8 Å². The van der Waals surface area contributed by atoms with Gasteiger partial charge in [-0.2, -0.15) is 5.10 Å². The summed E-state index contributed by atoms with van der Waals surface area (Å²) in [5, 5.41) is 13.9. The summed E-state index contributed by atoms with van der Waals surface area (Å²) in [6.45, 7) is 3.48. The highest BCUT2D eigenvalue weighted by Crippen LogP contribution is 2.29. The summed E-state index contributed by atoms with van der Waals surface area (Å²) in [5.41, 5.74) is 1.33. The third-order valence-corrected chi connectivity index (χ3v) is 3.15. The Morgan fingerprint density at radius 1 is 1.42 bits per heavy atom. The maximum atomic E-state index is 11.2. The monoisotopic (exact) mass is 280 g/mol. The second-order valence-electron chi connectivity index (χ2n) is 4.21. The van der Waals surface area contributed by atoms with E-state index in [-0.39, 0.29) is 11.4 Å². The Morgan fingerprint density at radius 2 is 2.11 bits per heavy atom. The summed E-state index contributed by atoms with van der Waals surface area (Å²) in [4.78, 5) is 11.2. The molecule has 0 spiro atoms. The van der Waals surface area contributed by atoms with Crippen LogP contribution in [-0.4, -0.2) is 20.9 Å². The Hall–Kier alpha value is -2.01. The van der Waals surface area contributed by atoms with Gasteiger partial charge in [0.1, 0.15) is 11.3 Å². The van der Waals surface area contributed by atoms with Crippen LogP contribution in [0.5, 0.6) is 11.6 Å². The minimum absolute atomic E-state index is 0.0649. The predicted octanol–water partition coefficient (Wildman–Crippen LogP) is 3.18. The summed E-state index contributed by atoms with van der Waals surface area (Å²) in [6, 6.07) is 5.13. The van der Waals surface area contributed by atoms with Crippen LogP contribution in [0.1, 0.15) is 21.6 Å². The van der Waals surface area contributed by atoms with Gasteiger partial charge in [-0.05, 0) is 37.6 Å². The zero-order valence-electron chi connectivity index (χ0n) is 10.8. The minimum Gasteiger partial charge on any atom is -0.477 e. The van der Waals surface area contributed by atoms with Crippen molar-refractivity contribution in [3.05, 3.63) is 40.0 Å². The molecule has 1 aromatic carbocycles. The topological polar surface area (TPSA) is 64.3 Å². The van der Waals surface area contributed by atoms with E-state index in [4.69, 9.17) is 16.3 Å². The van der Waals surface area contributed by atoms with E-state index in [0.717, 1.165) is 5.56 Å². The third kappa shape index (κ3) is 2.56. The lowest BCUT2D eigenvalue weighted by molar-refractivity contribution is 0.0693. The molecule has 1 N–H and O–H groups in total. The van der Waals surface area contributed by atoms with Gasteiger partial charge in [-0.1, -0.05) is 11.6 Å². The number of carbonyl (C=O) groups is 1. The van der Waals surface area contributed by atoms with Crippen LogP contribution < -0.4 is 4.74 Å². The van der Waals surface area contributed by atoms with E-state index in [9.17, 15) is 9.90 Å². The normalized spacial score (nSPS) is 10.5. The molecule has 0 fully saturated rings. The van der Waals surface area contributed by atoms with Crippen molar-refractivity contribution in [1.29, 1.82) is 0 Å². The van der Waals surface area contributed by atoms with Gasteiger partial charge in [0.2, 0.25) is 5.88 Å². The molecule has 0 amide bonds. The zero-order valence-corrected chi connectivity index (χ0v) is 11.5. The standard InChI is InChI=1S/C13H13ClN2O3/c1-7-6-9(4-5-10(7)14)19-12-11(13(17)18)8(2)15-16(12)3/h4-6H,1-3H3,(H,17,18). The zero-order chi connectivity index (χ0) is 14.2. The van der Waals surface area contributed by atoms with Gasteiger partial charge in [0.15, 0.2) is 0 Å². The molecule has 1 heterocycles. The lowest BCUT2D eigenvalue weighted by Gasteiger charge is -2.08. The first kappa shape index (κ1) is 13.4. The molecular weight excluding hydrogens is 268 g/mol. The third-order valence-electron chi connectivity index (χ3n) is 2.73. The Morgan fingerprint density at radius 3 is 2.68 bits per heavy atom. The van der Waals surface area contributed by atoms with Crippen LogP contribution in [0.2, 0.25) is 5.02 Å². The smallest absolute Gasteiger partial charge is 0.343 e. The van der Waals surface area contributed by atoms with Crippen LogP contribution in [0.3, 0.4) is 0 Å². The van der Waals surface area contributed by atoms with Gasteiger partial charge in [0, 0.05) is 12.1 Å². The number of hydrogen-bond acceptors (Lipinski definition) is 3. The molecule has 0 aliphatic heterocycles. The molecule has 0 unspecified atom stereocenters. The molecule has 1 aromatic heterocycles. The quantitative estimate of drug-likeness (QED) is 0.938. The Labute approximate surface area is 115 Å². The molecule has 0 bridgehead atoms. The van der Waals surface area contributed by atoms with E-state index in [0.29, 0.717) is 16.5 Å². The number of benzene rings is 1. The molecule has 0 aliphatic rings. The van der Waals surface area contributed by atoms with Crippen molar-refractivity contribution < 1.29 is 14.6 Å². The van der Waals surface area contributed by atoms with Gasteiger partial charge >= 0.3 is 5.97 Å². The second kappa shape index (κ2) is 4.93. The molecule has 0 atom stereocenters. The summed E-state index contributed by atoms with van der Waals surface area (Å²) in [6.07, 6.45) is 0. The van der Waals surface area contributed by atoms with E-state index in [1.807, 2.05) is 6.92 Å². The maximum Gasteiger partial charge on any atom is 0.343 e. The first-order valence-electron chi connectivity index (χ1n) is 5.61. The molecule has 5 nitrogen and oxygen atoms in total. The van der Waals surface area contributed by atoms with Gasteiger partial charge in [0.05, 0.1) is 5.69 Å². The fourth-order valence-electron chi connectivity index (χ4n) is 1.79. The van der Waals surface area contributed by atoms with Crippen molar-refractivity contribution in [2.45, 2.75) is 13.8 Å². The predicted molar refractivity (Wildman–Crippen MR) is 71.2 cm³/mol. The van der Waals surface area contributed by atoms with Crippen LogP contribution in [0.4, 0.5) is 0 Å². The highest BCUT2D eigenvalue weighted by molar-refractivity contribution is 6.31. The number of ether oxygens (including phenoxy) is 1. The number of carboxylic acid groups (broad SMARTS) is 1. The van der Waals surface area contributed by atoms with Crippen LogP contribution in [0.25, 0.3) is 0 Å². The fourth-order valence-corrected chi connectivity index (χ4v) is 1.91. The Balaban J connectivity index is 2.43. The van der Waals surface area contributed by atoms with E-state index >= 15 is 0 Å². The summed E-state index contributed by atoms with van der Waals surface area (Å²) in [7, 11) is 1.64. The molecular formula is C13H13ClN2O3. The average molecular weight is 281 g/mol. The number of nitrogens with zero attached hydrogens (tertiary/aromatic N) is 2. The van der Waals surface area contributed by atoms with Crippen molar-refractivity contribution >= 4 is 17.6 Å². The highest BCUT2D eigenvalue weighted by Gasteiger charge is 2.21. The lowest BCUT2D eigenvalue weighted by Crippen LogP contribution is -2.02. The number of aromatic nitrogens is 2. The van der Waals surface area contributed by atoms with Crippen molar-refractivity contribution in [3.63, 3.8) is 0 Å². The first-order valence-corrected chi connectivity index (χ1v) is 5.99. The largest absolute Gasteiger partial charge is 0.477 e.